The number of amides is 2. The van der Waals surface area contributed by atoms with Gasteiger partial charge < -0.3 is 10.6 Å². The average Bonchev–Trinajstić information content (AvgIpc) is 3.31. The predicted molar refractivity (Wildman–Crippen MR) is 113 cm³/mol. The highest BCUT2D eigenvalue weighted by atomic mass is 35.5. The van der Waals surface area contributed by atoms with E-state index in [2.05, 4.69) is 20.0 Å². The van der Waals surface area contributed by atoms with Gasteiger partial charge in [0.05, 0.1) is 10.7 Å². The summed E-state index contributed by atoms with van der Waals surface area (Å²) in [5.41, 5.74) is 2.72. The number of hydrogen-bond donors (Lipinski definition) is 2. The second kappa shape index (κ2) is 6.95. The highest BCUT2D eigenvalue weighted by Crippen LogP contribution is 2.38. The van der Waals surface area contributed by atoms with Crippen LogP contribution in [0, 0.1) is 0 Å². The van der Waals surface area contributed by atoms with Crippen LogP contribution in [-0.2, 0) is 0 Å². The Morgan fingerprint density at radius 1 is 1.10 bits per heavy atom. The molecule has 5 rings (SSSR count). The third kappa shape index (κ3) is 2.95. The molecule has 2 N–H and O–H groups in total. The van der Waals surface area contributed by atoms with Crippen LogP contribution < -0.4 is 10.6 Å². The van der Waals surface area contributed by atoms with Crippen molar-refractivity contribution in [1.82, 2.24) is 14.7 Å². The lowest BCUT2D eigenvalue weighted by Crippen LogP contribution is -2.21. The minimum absolute atomic E-state index is 0.222. The van der Waals surface area contributed by atoms with Crippen molar-refractivity contribution in [2.24, 2.45) is 0 Å². The van der Waals surface area contributed by atoms with E-state index in [-0.39, 0.29) is 11.8 Å². The first kappa shape index (κ1) is 17.8. The largest absolute Gasteiger partial charge is 0.341 e. The van der Waals surface area contributed by atoms with E-state index < -0.39 is 6.04 Å². The summed E-state index contributed by atoms with van der Waals surface area (Å²) in [6.07, 6.45) is 1.59. The van der Waals surface area contributed by atoms with Gasteiger partial charge in [-0.3, -0.25) is 9.59 Å². The first-order valence-corrected chi connectivity index (χ1v) is 9.98. The first-order valence-electron chi connectivity index (χ1n) is 8.83. The van der Waals surface area contributed by atoms with E-state index in [1.54, 1.807) is 30.5 Å². The standard InChI is InChI=1S/C21H13ClN4O2S/c22-19-13(7-4-10-23-19)17-16-12(20(27)25-17)6-3-8-14(16)24-21(28)18-11-5-1-2-9-15(11)29-26-18/h1-10,17H,(H,24,28)(H,25,27). The summed E-state index contributed by atoms with van der Waals surface area (Å²) in [6, 6.07) is 15.9. The fourth-order valence-electron chi connectivity index (χ4n) is 3.54. The van der Waals surface area contributed by atoms with E-state index in [9.17, 15) is 9.59 Å². The van der Waals surface area contributed by atoms with Crippen LogP contribution in [0.15, 0.2) is 60.8 Å². The molecule has 2 aromatic carbocycles. The van der Waals surface area contributed by atoms with Crippen molar-refractivity contribution in [2.75, 3.05) is 5.32 Å². The van der Waals surface area contributed by atoms with Gasteiger partial charge in [-0.05, 0) is 35.8 Å². The number of halogens is 1. The summed E-state index contributed by atoms with van der Waals surface area (Å²) >= 11 is 7.54. The average molecular weight is 421 g/mol. The molecule has 29 heavy (non-hydrogen) atoms. The van der Waals surface area contributed by atoms with E-state index in [0.717, 1.165) is 10.1 Å². The van der Waals surface area contributed by atoms with Crippen molar-refractivity contribution >= 4 is 50.7 Å². The maximum atomic E-state index is 13.0. The highest BCUT2D eigenvalue weighted by Gasteiger charge is 2.34. The number of pyridine rings is 1. The van der Waals surface area contributed by atoms with Gasteiger partial charge in [0.1, 0.15) is 10.8 Å². The maximum absolute atomic E-state index is 13.0. The van der Waals surface area contributed by atoms with Crippen molar-refractivity contribution in [2.45, 2.75) is 6.04 Å². The number of hydrogen-bond acceptors (Lipinski definition) is 5. The van der Waals surface area contributed by atoms with Crippen LogP contribution in [-0.4, -0.2) is 21.2 Å². The molecular formula is C21H13ClN4O2S. The number of carbonyl (C=O) groups excluding carboxylic acids is 2. The number of nitrogens with one attached hydrogen (secondary N) is 2. The molecule has 0 spiro atoms. The van der Waals surface area contributed by atoms with Crippen LogP contribution in [0.5, 0.6) is 0 Å². The van der Waals surface area contributed by atoms with Crippen LogP contribution in [0.1, 0.15) is 38.0 Å². The summed E-state index contributed by atoms with van der Waals surface area (Å²) in [7, 11) is 0. The minimum Gasteiger partial charge on any atom is -0.341 e. The third-order valence-electron chi connectivity index (χ3n) is 4.85. The fraction of sp³-hybridized carbons (Fsp3) is 0.0476. The van der Waals surface area contributed by atoms with E-state index in [1.807, 2.05) is 30.3 Å². The molecule has 2 amide bonds. The Balaban J connectivity index is 1.57. The molecule has 3 heterocycles. The van der Waals surface area contributed by atoms with Gasteiger partial charge in [0, 0.05) is 34.0 Å². The number of fused-ring (bicyclic) bond motifs is 2. The second-order valence-corrected chi connectivity index (χ2v) is 7.70. The molecule has 0 saturated heterocycles. The smallest absolute Gasteiger partial charge is 0.276 e. The van der Waals surface area contributed by atoms with Crippen molar-refractivity contribution in [3.05, 3.63) is 88.3 Å². The van der Waals surface area contributed by atoms with Crippen LogP contribution in [0.3, 0.4) is 0 Å². The summed E-state index contributed by atoms with van der Waals surface area (Å²) in [5, 5.41) is 6.95. The molecule has 4 aromatic rings. The van der Waals surface area contributed by atoms with Crippen molar-refractivity contribution in [3.8, 4) is 0 Å². The number of nitrogens with zero attached hydrogens (tertiary/aromatic N) is 2. The molecule has 1 aliphatic rings. The van der Waals surface area contributed by atoms with Crippen LogP contribution in [0.4, 0.5) is 5.69 Å². The van der Waals surface area contributed by atoms with E-state index in [0.29, 0.717) is 33.2 Å². The minimum atomic E-state index is -0.498. The quantitative estimate of drug-likeness (QED) is 0.480. The number of benzene rings is 2. The molecule has 0 radical (unpaired) electrons. The molecule has 0 aliphatic carbocycles. The molecule has 1 unspecified atom stereocenters. The molecular weight excluding hydrogens is 408 g/mol. The number of anilines is 1. The van der Waals surface area contributed by atoms with Gasteiger partial charge in [0.15, 0.2) is 0 Å². The summed E-state index contributed by atoms with van der Waals surface area (Å²) < 4.78 is 5.24. The number of aromatic nitrogens is 2. The Bertz CT molecular complexity index is 1290. The van der Waals surface area contributed by atoms with E-state index in [1.165, 1.54) is 11.5 Å². The molecule has 2 aromatic heterocycles. The molecule has 6 nitrogen and oxygen atoms in total. The molecule has 0 fully saturated rings. The van der Waals surface area contributed by atoms with Crippen molar-refractivity contribution in [3.63, 3.8) is 0 Å². The first-order chi connectivity index (χ1) is 14.1. The van der Waals surface area contributed by atoms with Gasteiger partial charge in [0.2, 0.25) is 0 Å². The van der Waals surface area contributed by atoms with E-state index in [4.69, 9.17) is 11.6 Å². The van der Waals surface area contributed by atoms with Gasteiger partial charge in [-0.25, -0.2) is 4.98 Å². The fourth-order valence-corrected chi connectivity index (χ4v) is 4.54. The monoisotopic (exact) mass is 420 g/mol. The zero-order valence-electron chi connectivity index (χ0n) is 14.8. The van der Waals surface area contributed by atoms with Gasteiger partial charge in [-0.15, -0.1) is 0 Å². The van der Waals surface area contributed by atoms with Crippen LogP contribution >= 0.6 is 23.1 Å². The molecule has 0 bridgehead atoms. The molecule has 1 atom stereocenters. The van der Waals surface area contributed by atoms with Gasteiger partial charge in [-0.1, -0.05) is 41.9 Å². The Kier molecular flexibility index (Phi) is 4.26. The Hall–Kier alpha value is -3.29. The summed E-state index contributed by atoms with van der Waals surface area (Å²) in [4.78, 5) is 29.6. The van der Waals surface area contributed by atoms with Gasteiger partial charge in [-0.2, -0.15) is 4.37 Å². The normalized spacial score (nSPS) is 15.2. The van der Waals surface area contributed by atoms with Crippen LogP contribution in [0.2, 0.25) is 5.15 Å². The summed E-state index contributed by atoms with van der Waals surface area (Å²) in [5.74, 6) is -0.550. The Morgan fingerprint density at radius 2 is 1.97 bits per heavy atom. The topological polar surface area (TPSA) is 84.0 Å². The number of rotatable bonds is 3. The lowest BCUT2D eigenvalue weighted by molar-refractivity contribution is 0.0959. The van der Waals surface area contributed by atoms with Gasteiger partial charge >= 0.3 is 0 Å². The van der Waals surface area contributed by atoms with E-state index >= 15 is 0 Å². The molecule has 142 valence electrons. The lowest BCUT2D eigenvalue weighted by Gasteiger charge is -2.17. The molecule has 1 aliphatic heterocycles. The maximum Gasteiger partial charge on any atom is 0.276 e. The van der Waals surface area contributed by atoms with Crippen LogP contribution in [0.25, 0.3) is 10.1 Å². The number of carbonyl (C=O) groups is 2. The molecule has 0 saturated carbocycles. The molecule has 8 heteroatoms. The Labute approximate surface area is 174 Å². The SMILES string of the molecule is O=C1NC(c2cccnc2Cl)c2c(NC(=O)c3nsc4ccccc34)cccc21. The summed E-state index contributed by atoms with van der Waals surface area (Å²) in [6.45, 7) is 0. The second-order valence-electron chi connectivity index (χ2n) is 6.54. The zero-order valence-corrected chi connectivity index (χ0v) is 16.4. The predicted octanol–water partition coefficient (Wildman–Crippen LogP) is 4.43. The third-order valence-corrected chi connectivity index (χ3v) is 6.00. The van der Waals surface area contributed by atoms with Gasteiger partial charge in [0.25, 0.3) is 11.8 Å². The Morgan fingerprint density at radius 3 is 2.83 bits per heavy atom. The highest BCUT2D eigenvalue weighted by molar-refractivity contribution is 7.13. The van der Waals surface area contributed by atoms with Crippen molar-refractivity contribution < 1.29 is 9.59 Å². The lowest BCUT2D eigenvalue weighted by atomic mass is 9.97. The zero-order chi connectivity index (χ0) is 20.0. The van der Waals surface area contributed by atoms with Crippen molar-refractivity contribution in [1.29, 1.82) is 0 Å².